The fourth-order valence-electron chi connectivity index (χ4n) is 2.43. The molecule has 30 heavy (non-hydrogen) atoms. The highest BCUT2D eigenvalue weighted by molar-refractivity contribution is 6.55. The molecule has 0 N–H and O–H groups in total. The van der Waals surface area contributed by atoms with E-state index >= 15 is 0 Å². The highest BCUT2D eigenvalue weighted by Gasteiger charge is 2.10. The number of aryl methyl sites for hydroxylation is 1. The number of hydrogen-bond acceptors (Lipinski definition) is 4. The molecule has 0 saturated heterocycles. The maximum atomic E-state index is 6.27. The van der Waals surface area contributed by atoms with E-state index in [1.165, 1.54) is 11.6 Å². The van der Waals surface area contributed by atoms with Crippen LogP contribution in [0.25, 0.3) is 0 Å². The Kier molecular flexibility index (Phi) is 10.7. The maximum Gasteiger partial charge on any atom is 0.157 e. The Labute approximate surface area is 197 Å². The first-order chi connectivity index (χ1) is 14.3. The first-order valence-electron chi connectivity index (χ1n) is 9.38. The van der Waals surface area contributed by atoms with Crippen molar-refractivity contribution in [3.8, 4) is 17.2 Å². The minimum atomic E-state index is 0.136. The molecule has 2 aromatic rings. The number of halogens is 4. The largest absolute Gasteiger partial charge is 0.490 e. The van der Waals surface area contributed by atoms with Gasteiger partial charge in [0.15, 0.2) is 11.5 Å². The second-order valence-corrected chi connectivity index (χ2v) is 8.42. The van der Waals surface area contributed by atoms with Crippen LogP contribution >= 0.6 is 46.4 Å². The van der Waals surface area contributed by atoms with Crippen LogP contribution in [0.1, 0.15) is 32.3 Å². The van der Waals surface area contributed by atoms with Crippen molar-refractivity contribution in [1.82, 2.24) is 0 Å². The van der Waals surface area contributed by atoms with E-state index in [0.29, 0.717) is 28.2 Å². The summed E-state index contributed by atoms with van der Waals surface area (Å²) in [5.74, 6) is 1.68. The van der Waals surface area contributed by atoms with Crippen molar-refractivity contribution in [3.05, 3.63) is 62.6 Å². The Morgan fingerprint density at radius 1 is 0.933 bits per heavy atom. The van der Waals surface area contributed by atoms with Gasteiger partial charge in [0.05, 0.1) is 22.4 Å². The topological polar surface area (TPSA) is 40.0 Å². The summed E-state index contributed by atoms with van der Waals surface area (Å²) < 4.78 is 11.4. The molecule has 4 nitrogen and oxygen atoms in total. The smallest absolute Gasteiger partial charge is 0.157 e. The molecule has 162 valence electrons. The summed E-state index contributed by atoms with van der Waals surface area (Å²) in [6, 6.07) is 11.2. The predicted octanol–water partition coefficient (Wildman–Crippen LogP) is 7.87. The summed E-state index contributed by atoms with van der Waals surface area (Å²) >= 11 is 23.6. The quantitative estimate of drug-likeness (QED) is 0.183. The fraction of sp³-hybridized carbons (Fsp3) is 0.318. The van der Waals surface area contributed by atoms with E-state index in [0.717, 1.165) is 30.7 Å². The van der Waals surface area contributed by atoms with E-state index in [9.17, 15) is 0 Å². The lowest BCUT2D eigenvalue weighted by atomic mass is 10.1. The van der Waals surface area contributed by atoms with Gasteiger partial charge in [-0.05, 0) is 56.9 Å². The lowest BCUT2D eigenvalue weighted by Gasteiger charge is -2.12. The van der Waals surface area contributed by atoms with Crippen LogP contribution in [0.4, 0.5) is 0 Å². The Morgan fingerprint density at radius 3 is 2.20 bits per heavy atom. The SMILES string of the molecule is CC(C)=NOc1ccc(CCCCOc2c(Cl)cc(OCC=C(Cl)Cl)cc2Cl)cc1. The number of nitrogens with zero attached hydrogens (tertiary/aromatic N) is 1. The third-order valence-electron chi connectivity index (χ3n) is 3.82. The molecule has 8 heteroatoms. The number of rotatable bonds is 11. The highest BCUT2D eigenvalue weighted by Crippen LogP contribution is 2.37. The highest BCUT2D eigenvalue weighted by atomic mass is 35.5. The van der Waals surface area contributed by atoms with E-state index in [1.54, 1.807) is 12.1 Å². The van der Waals surface area contributed by atoms with Gasteiger partial charge < -0.3 is 14.3 Å². The van der Waals surface area contributed by atoms with Crippen LogP contribution in [0.3, 0.4) is 0 Å². The third kappa shape index (κ3) is 9.05. The number of ether oxygens (including phenoxy) is 2. The van der Waals surface area contributed by atoms with Gasteiger partial charge >= 0.3 is 0 Å². The molecule has 0 amide bonds. The van der Waals surface area contributed by atoms with Gasteiger partial charge in [-0.2, -0.15) is 0 Å². The first-order valence-corrected chi connectivity index (χ1v) is 10.9. The van der Waals surface area contributed by atoms with Crippen LogP contribution in [0.15, 0.2) is 52.1 Å². The van der Waals surface area contributed by atoms with Gasteiger partial charge in [0, 0.05) is 12.1 Å². The van der Waals surface area contributed by atoms with Gasteiger partial charge in [-0.3, -0.25) is 0 Å². The first kappa shape index (κ1) is 24.7. The molecular weight excluding hydrogens is 468 g/mol. The molecule has 0 aliphatic heterocycles. The molecule has 0 unspecified atom stereocenters. The second kappa shape index (κ2) is 13.0. The summed E-state index contributed by atoms with van der Waals surface area (Å²) in [5.41, 5.74) is 2.10. The van der Waals surface area contributed by atoms with E-state index in [-0.39, 0.29) is 11.1 Å². The Balaban J connectivity index is 1.76. The average molecular weight is 491 g/mol. The Bertz CT molecular complexity index is 851. The monoisotopic (exact) mass is 489 g/mol. The zero-order chi connectivity index (χ0) is 21.9. The van der Waals surface area contributed by atoms with E-state index in [2.05, 4.69) is 5.16 Å². The number of hydrogen-bond donors (Lipinski definition) is 0. The van der Waals surface area contributed by atoms with Gasteiger partial charge in [-0.25, -0.2) is 0 Å². The normalized spacial score (nSPS) is 10.3. The van der Waals surface area contributed by atoms with Crippen LogP contribution in [-0.4, -0.2) is 18.9 Å². The van der Waals surface area contributed by atoms with E-state index in [1.807, 2.05) is 38.1 Å². The van der Waals surface area contributed by atoms with Crippen molar-refractivity contribution in [2.24, 2.45) is 5.16 Å². The Hall–Kier alpha value is -1.59. The summed E-state index contributed by atoms with van der Waals surface area (Å²) in [4.78, 5) is 5.30. The van der Waals surface area contributed by atoms with Gasteiger partial charge in [0.1, 0.15) is 16.8 Å². The van der Waals surface area contributed by atoms with Crippen LogP contribution in [-0.2, 0) is 6.42 Å². The Morgan fingerprint density at radius 2 is 1.60 bits per heavy atom. The molecule has 0 fully saturated rings. The molecule has 2 rings (SSSR count). The van der Waals surface area contributed by atoms with Crippen molar-refractivity contribution in [2.45, 2.75) is 33.1 Å². The van der Waals surface area contributed by atoms with Gasteiger partial charge in [0.2, 0.25) is 0 Å². The van der Waals surface area contributed by atoms with Crippen molar-refractivity contribution < 1.29 is 14.3 Å². The van der Waals surface area contributed by atoms with Crippen LogP contribution in [0, 0.1) is 0 Å². The minimum Gasteiger partial charge on any atom is -0.490 e. The lowest BCUT2D eigenvalue weighted by molar-refractivity contribution is 0.306. The number of unbranched alkanes of at least 4 members (excludes halogenated alkanes) is 1. The van der Waals surface area contributed by atoms with Gasteiger partial charge in [-0.15, -0.1) is 0 Å². The van der Waals surface area contributed by atoms with E-state index in [4.69, 9.17) is 60.7 Å². The molecule has 2 aromatic carbocycles. The molecule has 0 bridgehead atoms. The lowest BCUT2D eigenvalue weighted by Crippen LogP contribution is -2.00. The summed E-state index contributed by atoms with van der Waals surface area (Å²) in [6.45, 7) is 4.50. The minimum absolute atomic E-state index is 0.136. The third-order valence-corrected chi connectivity index (χ3v) is 4.69. The summed E-state index contributed by atoms with van der Waals surface area (Å²) in [7, 11) is 0. The zero-order valence-electron chi connectivity index (χ0n) is 16.8. The molecule has 0 aromatic heterocycles. The number of benzene rings is 2. The standard InChI is InChI=1S/C22H23Cl4NO3/c1-15(2)27-30-17-8-6-16(7-9-17)5-3-4-11-29-22-19(23)13-18(14-20(22)24)28-12-10-21(25)26/h6-10,13-14H,3-5,11-12H2,1-2H3. The molecular formula is C22H23Cl4NO3. The molecule has 0 saturated carbocycles. The molecule has 0 atom stereocenters. The molecule has 0 radical (unpaired) electrons. The molecule has 0 aliphatic carbocycles. The van der Waals surface area contributed by atoms with E-state index < -0.39 is 0 Å². The predicted molar refractivity (Wildman–Crippen MR) is 126 cm³/mol. The maximum absolute atomic E-state index is 6.27. The van der Waals surface area contributed by atoms with Gasteiger partial charge in [-0.1, -0.05) is 63.7 Å². The zero-order valence-corrected chi connectivity index (χ0v) is 19.8. The van der Waals surface area contributed by atoms with Crippen LogP contribution in [0.2, 0.25) is 10.0 Å². The number of oxime groups is 1. The van der Waals surface area contributed by atoms with Crippen molar-refractivity contribution in [3.63, 3.8) is 0 Å². The second-order valence-electron chi connectivity index (χ2n) is 6.60. The average Bonchev–Trinajstić information content (AvgIpc) is 2.68. The molecule has 0 heterocycles. The van der Waals surface area contributed by atoms with Crippen molar-refractivity contribution >= 4 is 52.1 Å². The fourth-order valence-corrected chi connectivity index (χ4v) is 3.13. The summed E-state index contributed by atoms with van der Waals surface area (Å²) in [5, 5.41) is 4.71. The van der Waals surface area contributed by atoms with Crippen molar-refractivity contribution in [2.75, 3.05) is 13.2 Å². The van der Waals surface area contributed by atoms with Crippen molar-refractivity contribution in [1.29, 1.82) is 0 Å². The van der Waals surface area contributed by atoms with Crippen LogP contribution < -0.4 is 14.3 Å². The van der Waals surface area contributed by atoms with Gasteiger partial charge in [0.25, 0.3) is 0 Å². The van der Waals surface area contributed by atoms with Crippen LogP contribution in [0.5, 0.6) is 17.2 Å². The molecule has 0 spiro atoms. The molecule has 0 aliphatic rings. The summed E-state index contributed by atoms with van der Waals surface area (Å²) in [6.07, 6.45) is 4.29.